The lowest BCUT2D eigenvalue weighted by Crippen LogP contribution is -2.68. The van der Waals surface area contributed by atoms with Gasteiger partial charge in [-0.2, -0.15) is 0 Å². The summed E-state index contributed by atoms with van der Waals surface area (Å²) < 4.78 is 6.44. The third kappa shape index (κ3) is 5.39. The lowest BCUT2D eigenvalue weighted by molar-refractivity contribution is -0.251. The van der Waals surface area contributed by atoms with Crippen LogP contribution in [-0.4, -0.2) is 70.4 Å². The second-order valence-electron chi connectivity index (χ2n) is 22.3. The van der Waals surface area contributed by atoms with E-state index < -0.39 is 22.7 Å². The number of ether oxygens (including phenoxy) is 1. The van der Waals surface area contributed by atoms with E-state index in [1.165, 1.54) is 12.0 Å². The van der Waals surface area contributed by atoms with E-state index in [2.05, 4.69) is 53.0 Å². The number of carbonyl (C=O) groups excluding carboxylic acids is 3. The predicted octanol–water partition coefficient (Wildman–Crippen LogP) is 8.92. The smallest absolute Gasteiger partial charge is 0.309 e. The predicted molar refractivity (Wildman–Crippen MR) is 212 cm³/mol. The van der Waals surface area contributed by atoms with E-state index >= 15 is 4.79 Å². The van der Waals surface area contributed by atoms with Crippen LogP contribution in [-0.2, 0) is 23.9 Å². The van der Waals surface area contributed by atoms with Crippen LogP contribution in [0.2, 0.25) is 0 Å². The number of aliphatic carboxylic acids is 1. The summed E-state index contributed by atoms with van der Waals surface area (Å²) in [5.41, 5.74) is 0.377. The second-order valence-corrected chi connectivity index (χ2v) is 22.3. The number of fused-ring (bicyclic) bond motifs is 7. The van der Waals surface area contributed by atoms with Gasteiger partial charge in [0, 0.05) is 25.0 Å². The van der Waals surface area contributed by atoms with Crippen molar-refractivity contribution in [3.8, 4) is 0 Å². The number of hydrogen-bond acceptors (Lipinski definition) is 5. The van der Waals surface area contributed by atoms with Crippen molar-refractivity contribution in [2.24, 2.45) is 73.9 Å². The third-order valence-corrected chi connectivity index (χ3v) is 19.8. The van der Waals surface area contributed by atoms with Crippen molar-refractivity contribution >= 4 is 23.8 Å². The van der Waals surface area contributed by atoms with Gasteiger partial charge in [0.05, 0.1) is 17.3 Å². The Bertz CT molecular complexity index is 1630. The molecule has 8 aliphatic rings. The molecular formula is C47H72N2O6. The SMILES string of the molecule is C=C(C)[C@@H]1CC[C@]2(C(=O)N3CCC[C@H]3C(=O)N3CCCC3)CC[C@]3(C)[C@H](CC[C@@H]4[C@@]5(C)CC[C@H](OC(=O)[C@H]6C[C@@H](C(=O)O)C6(C)C)C(C)(C)[C@@H]5CC[C@]43C)[C@@H]12. The zero-order chi connectivity index (χ0) is 39.7. The molecule has 2 amide bonds. The largest absolute Gasteiger partial charge is 0.481 e. The molecule has 0 aromatic heterocycles. The van der Waals surface area contributed by atoms with Gasteiger partial charge >= 0.3 is 11.9 Å². The highest BCUT2D eigenvalue weighted by atomic mass is 16.5. The Morgan fingerprint density at radius 2 is 1.42 bits per heavy atom. The van der Waals surface area contributed by atoms with Crippen LogP contribution in [0.15, 0.2) is 12.2 Å². The molecule has 0 bridgehead atoms. The maximum atomic E-state index is 15.3. The first-order valence-electron chi connectivity index (χ1n) is 22.4. The van der Waals surface area contributed by atoms with Gasteiger partial charge in [0.15, 0.2) is 0 Å². The number of allylic oxidation sites excluding steroid dienone is 1. The molecule has 0 unspecified atom stereocenters. The molecule has 8 nitrogen and oxygen atoms in total. The molecule has 6 aliphatic carbocycles. The fourth-order valence-electron chi connectivity index (χ4n) is 16.4. The maximum absolute atomic E-state index is 15.3. The molecule has 0 aromatic rings. The van der Waals surface area contributed by atoms with Gasteiger partial charge in [0.25, 0.3) is 0 Å². The molecule has 2 aliphatic heterocycles. The number of rotatable bonds is 6. The van der Waals surface area contributed by atoms with E-state index in [1.807, 2.05) is 18.7 Å². The molecule has 6 saturated carbocycles. The van der Waals surface area contributed by atoms with E-state index in [0.717, 1.165) is 96.6 Å². The monoisotopic (exact) mass is 761 g/mol. The third-order valence-electron chi connectivity index (χ3n) is 19.8. The summed E-state index contributed by atoms with van der Waals surface area (Å²) in [6, 6.07) is -0.291. The number of esters is 1. The van der Waals surface area contributed by atoms with Crippen LogP contribution in [0, 0.1) is 73.9 Å². The van der Waals surface area contributed by atoms with Gasteiger partial charge in [-0.3, -0.25) is 19.2 Å². The summed E-state index contributed by atoms with van der Waals surface area (Å²) in [6.07, 6.45) is 14.4. The summed E-state index contributed by atoms with van der Waals surface area (Å²) in [7, 11) is 0. The molecule has 1 N–H and O–H groups in total. The molecule has 2 heterocycles. The highest BCUT2D eigenvalue weighted by molar-refractivity contribution is 5.91. The minimum absolute atomic E-state index is 0.0934. The summed E-state index contributed by atoms with van der Waals surface area (Å²) in [5, 5.41) is 9.68. The van der Waals surface area contributed by atoms with Crippen LogP contribution in [0.1, 0.15) is 152 Å². The van der Waals surface area contributed by atoms with Crippen LogP contribution < -0.4 is 0 Å². The Balaban J connectivity index is 1.04. The first-order chi connectivity index (χ1) is 25.8. The Morgan fingerprint density at radius 1 is 0.709 bits per heavy atom. The highest BCUT2D eigenvalue weighted by Crippen LogP contribution is 2.78. The fraction of sp³-hybridized carbons (Fsp3) is 0.872. The molecule has 8 fully saturated rings. The quantitative estimate of drug-likeness (QED) is 0.214. The molecule has 0 radical (unpaired) electrons. The summed E-state index contributed by atoms with van der Waals surface area (Å²) in [6.45, 7) is 25.5. The fourth-order valence-corrected chi connectivity index (χ4v) is 16.4. The van der Waals surface area contributed by atoms with Crippen molar-refractivity contribution in [2.45, 2.75) is 164 Å². The number of amides is 2. The molecule has 55 heavy (non-hydrogen) atoms. The Hall–Kier alpha value is -2.38. The van der Waals surface area contributed by atoms with Crippen LogP contribution in [0.3, 0.4) is 0 Å². The first kappa shape index (κ1) is 39.4. The van der Waals surface area contributed by atoms with Gasteiger partial charge < -0.3 is 19.6 Å². The summed E-state index contributed by atoms with van der Waals surface area (Å²) in [5.74, 6) is 0.607. The lowest BCUT2D eigenvalue weighted by atomic mass is 9.32. The molecule has 8 heteroatoms. The Kier molecular flexibility index (Phi) is 9.37. The lowest BCUT2D eigenvalue weighted by Gasteiger charge is -2.73. The second kappa shape index (κ2) is 13.1. The number of likely N-dealkylation sites (tertiary alicyclic amines) is 2. The summed E-state index contributed by atoms with van der Waals surface area (Å²) in [4.78, 5) is 58.6. The van der Waals surface area contributed by atoms with Crippen LogP contribution in [0.4, 0.5) is 0 Å². The topological polar surface area (TPSA) is 104 Å². The molecule has 0 aromatic carbocycles. The van der Waals surface area contributed by atoms with Crippen LogP contribution in [0.25, 0.3) is 0 Å². The standard InChI is InChI=1S/C47H72N2O6/c1-28(2)29-16-21-47(41(54)49-26-12-13-33(49)38(50)48-24-10-11-25-48)23-22-45(8)30(37(29)47)14-15-35-44(7)19-18-36(43(5,6)34(44)17-20-46(35,45)9)55-40(53)32-27-31(39(51)52)42(32,3)4/h29-37H,1,10-27H2,2-9H3,(H,51,52)/t29-,30+,31-,32+,33-,34-,35+,36-,37+,44-,45+,46+,47-/m0/s1. The number of carboxylic acids is 1. The van der Waals surface area contributed by atoms with E-state index in [0.29, 0.717) is 42.5 Å². The molecule has 8 rings (SSSR count). The Labute approximate surface area is 331 Å². The van der Waals surface area contributed by atoms with Gasteiger partial charge in [-0.1, -0.05) is 60.6 Å². The van der Waals surface area contributed by atoms with Crippen molar-refractivity contribution in [1.82, 2.24) is 9.80 Å². The van der Waals surface area contributed by atoms with Gasteiger partial charge in [-0.05, 0) is 154 Å². The van der Waals surface area contributed by atoms with E-state index in [4.69, 9.17) is 4.74 Å². The van der Waals surface area contributed by atoms with E-state index in [1.54, 1.807) is 0 Å². The number of nitrogens with zero attached hydrogens (tertiary/aromatic N) is 2. The minimum Gasteiger partial charge on any atom is -0.481 e. The van der Waals surface area contributed by atoms with Gasteiger partial charge in [0.1, 0.15) is 12.1 Å². The molecule has 2 saturated heterocycles. The molecule has 13 atom stereocenters. The first-order valence-corrected chi connectivity index (χ1v) is 22.4. The van der Waals surface area contributed by atoms with Gasteiger partial charge in [-0.15, -0.1) is 0 Å². The van der Waals surface area contributed by atoms with Crippen molar-refractivity contribution in [2.75, 3.05) is 19.6 Å². The van der Waals surface area contributed by atoms with Crippen molar-refractivity contribution in [3.05, 3.63) is 12.2 Å². The van der Waals surface area contributed by atoms with E-state index in [-0.39, 0.29) is 57.5 Å². The van der Waals surface area contributed by atoms with Crippen molar-refractivity contribution in [3.63, 3.8) is 0 Å². The average molecular weight is 761 g/mol. The zero-order valence-corrected chi connectivity index (χ0v) is 35.5. The zero-order valence-electron chi connectivity index (χ0n) is 35.5. The molecule has 306 valence electrons. The number of carboxylic acid groups (broad SMARTS) is 1. The Morgan fingerprint density at radius 3 is 2.07 bits per heavy atom. The molecule has 0 spiro atoms. The van der Waals surface area contributed by atoms with E-state index in [9.17, 15) is 19.5 Å². The van der Waals surface area contributed by atoms with Crippen molar-refractivity contribution in [1.29, 1.82) is 0 Å². The maximum Gasteiger partial charge on any atom is 0.309 e. The normalized spacial score (nSPS) is 46.7. The van der Waals surface area contributed by atoms with Gasteiger partial charge in [0.2, 0.25) is 11.8 Å². The van der Waals surface area contributed by atoms with Crippen LogP contribution in [0.5, 0.6) is 0 Å². The minimum atomic E-state index is -0.820. The van der Waals surface area contributed by atoms with Crippen molar-refractivity contribution < 1.29 is 29.0 Å². The summed E-state index contributed by atoms with van der Waals surface area (Å²) >= 11 is 0. The molecular weight excluding hydrogens is 689 g/mol. The van der Waals surface area contributed by atoms with Gasteiger partial charge in [-0.25, -0.2) is 0 Å². The van der Waals surface area contributed by atoms with Crippen LogP contribution >= 0.6 is 0 Å². The highest BCUT2D eigenvalue weighted by Gasteiger charge is 2.72. The number of carbonyl (C=O) groups is 4. The number of hydrogen-bond donors (Lipinski definition) is 1. The average Bonchev–Trinajstić information content (AvgIpc) is 3.90.